The molecular weight excluding hydrogens is 374 g/mol. The van der Waals surface area contributed by atoms with Gasteiger partial charge in [-0.05, 0) is 31.0 Å². The zero-order chi connectivity index (χ0) is 19.8. The minimum absolute atomic E-state index is 0.000782. The summed E-state index contributed by atoms with van der Waals surface area (Å²) in [5, 5.41) is 5.68. The van der Waals surface area contributed by atoms with E-state index >= 15 is 0 Å². The Bertz CT molecular complexity index is 1010. The third-order valence-electron chi connectivity index (χ3n) is 4.75. The van der Waals surface area contributed by atoms with Crippen molar-refractivity contribution in [1.82, 2.24) is 14.7 Å². The maximum atomic E-state index is 13.0. The molecule has 7 heteroatoms. The number of thiophene rings is 1. The summed E-state index contributed by atoms with van der Waals surface area (Å²) in [5.41, 5.74) is 0.967. The second-order valence-electron chi connectivity index (χ2n) is 7.67. The molecule has 0 fully saturated rings. The van der Waals surface area contributed by atoms with E-state index in [1.165, 1.54) is 11.3 Å². The van der Waals surface area contributed by atoms with Crippen molar-refractivity contribution < 1.29 is 14.3 Å². The summed E-state index contributed by atoms with van der Waals surface area (Å²) in [6, 6.07) is 9.58. The standard InChI is InChI=1S/C21H25N3O3S/c1-13(2)10-24-21-16(14(3)22-24)9-19(28-21)20(25)23(4)11-15-12-26-17-7-5-6-8-18(17)27-15/h5-9,13,15H,10-12H2,1-4H3/t15-/m0/s1. The number of ether oxygens (including phenoxy) is 2. The molecule has 1 aliphatic rings. The number of benzene rings is 1. The second-order valence-corrected chi connectivity index (χ2v) is 8.70. The highest BCUT2D eigenvalue weighted by Gasteiger charge is 2.25. The number of carbonyl (C=O) groups is 1. The summed E-state index contributed by atoms with van der Waals surface area (Å²) in [4.78, 5) is 16.5. The van der Waals surface area contributed by atoms with Crippen LogP contribution < -0.4 is 9.47 Å². The number of amides is 1. The molecule has 0 spiro atoms. The van der Waals surface area contributed by atoms with E-state index < -0.39 is 0 Å². The van der Waals surface area contributed by atoms with Crippen molar-refractivity contribution in [3.05, 3.63) is 40.9 Å². The van der Waals surface area contributed by atoms with Crippen LogP contribution in [0.4, 0.5) is 0 Å². The second kappa shape index (κ2) is 7.47. The van der Waals surface area contributed by atoms with Gasteiger partial charge in [-0.3, -0.25) is 9.48 Å². The van der Waals surface area contributed by atoms with Gasteiger partial charge in [0.15, 0.2) is 17.6 Å². The highest BCUT2D eigenvalue weighted by molar-refractivity contribution is 7.20. The number of fused-ring (bicyclic) bond motifs is 2. The van der Waals surface area contributed by atoms with Crippen LogP contribution in [0.2, 0.25) is 0 Å². The van der Waals surface area contributed by atoms with Crippen molar-refractivity contribution in [3.63, 3.8) is 0 Å². The number of carbonyl (C=O) groups excluding carboxylic acids is 1. The van der Waals surface area contributed by atoms with Crippen LogP contribution in [-0.4, -0.2) is 46.9 Å². The van der Waals surface area contributed by atoms with E-state index in [-0.39, 0.29) is 12.0 Å². The Morgan fingerprint density at radius 3 is 2.86 bits per heavy atom. The van der Waals surface area contributed by atoms with Gasteiger partial charge >= 0.3 is 0 Å². The summed E-state index contributed by atoms with van der Waals surface area (Å²) in [5.74, 6) is 1.98. The molecule has 2 aromatic heterocycles. The molecule has 0 saturated heterocycles. The minimum atomic E-state index is -0.184. The van der Waals surface area contributed by atoms with Crippen LogP contribution in [0.15, 0.2) is 30.3 Å². The molecule has 0 unspecified atom stereocenters. The first kappa shape index (κ1) is 18.8. The Kier molecular flexibility index (Phi) is 5.02. The van der Waals surface area contributed by atoms with E-state index in [1.54, 1.807) is 4.90 Å². The molecule has 1 aliphatic heterocycles. The predicted octanol–water partition coefficient (Wildman–Crippen LogP) is 3.97. The summed E-state index contributed by atoms with van der Waals surface area (Å²) in [6.07, 6.45) is -0.184. The molecule has 28 heavy (non-hydrogen) atoms. The molecule has 3 heterocycles. The number of rotatable bonds is 5. The van der Waals surface area contributed by atoms with Crippen molar-refractivity contribution >= 4 is 27.5 Å². The molecular formula is C21H25N3O3S. The van der Waals surface area contributed by atoms with Gasteiger partial charge in [-0.15, -0.1) is 11.3 Å². The van der Waals surface area contributed by atoms with Gasteiger partial charge in [-0.1, -0.05) is 26.0 Å². The molecule has 0 saturated carbocycles. The van der Waals surface area contributed by atoms with Crippen molar-refractivity contribution in [2.45, 2.75) is 33.4 Å². The van der Waals surface area contributed by atoms with Gasteiger partial charge in [0.25, 0.3) is 5.91 Å². The number of hydrogen-bond donors (Lipinski definition) is 0. The lowest BCUT2D eigenvalue weighted by Crippen LogP contribution is -2.41. The fraction of sp³-hybridized carbons (Fsp3) is 0.429. The summed E-state index contributed by atoms with van der Waals surface area (Å²) >= 11 is 1.51. The van der Waals surface area contributed by atoms with Gasteiger partial charge in [0, 0.05) is 19.0 Å². The Morgan fingerprint density at radius 1 is 1.36 bits per heavy atom. The van der Waals surface area contributed by atoms with Crippen LogP contribution in [0.25, 0.3) is 10.2 Å². The first-order valence-corrected chi connectivity index (χ1v) is 10.3. The number of likely N-dealkylation sites (N-methyl/N-ethyl adjacent to an activating group) is 1. The van der Waals surface area contributed by atoms with Crippen molar-refractivity contribution in [2.24, 2.45) is 5.92 Å². The average molecular weight is 400 g/mol. The van der Waals surface area contributed by atoms with E-state index in [4.69, 9.17) is 9.47 Å². The average Bonchev–Trinajstić information content (AvgIpc) is 3.22. The van der Waals surface area contributed by atoms with E-state index in [0.717, 1.165) is 38.8 Å². The topological polar surface area (TPSA) is 56.6 Å². The number of aryl methyl sites for hydroxylation is 1. The van der Waals surface area contributed by atoms with E-state index in [1.807, 2.05) is 49.0 Å². The molecule has 1 aromatic carbocycles. The van der Waals surface area contributed by atoms with Crippen LogP contribution in [-0.2, 0) is 6.54 Å². The summed E-state index contributed by atoms with van der Waals surface area (Å²) in [7, 11) is 1.81. The van der Waals surface area contributed by atoms with Crippen LogP contribution in [0.3, 0.4) is 0 Å². The monoisotopic (exact) mass is 399 g/mol. The molecule has 1 amide bonds. The summed E-state index contributed by atoms with van der Waals surface area (Å²) < 4.78 is 13.8. The Labute approximate surface area is 168 Å². The third-order valence-corrected chi connectivity index (χ3v) is 5.88. The van der Waals surface area contributed by atoms with Crippen molar-refractivity contribution in [3.8, 4) is 11.5 Å². The van der Waals surface area contributed by atoms with Gasteiger partial charge in [0.2, 0.25) is 0 Å². The lowest BCUT2D eigenvalue weighted by molar-refractivity contribution is 0.0524. The van der Waals surface area contributed by atoms with E-state index in [9.17, 15) is 4.79 Å². The molecule has 1 atom stereocenters. The Hall–Kier alpha value is -2.54. The number of nitrogens with zero attached hydrogens (tertiary/aromatic N) is 3. The molecule has 0 radical (unpaired) electrons. The maximum absolute atomic E-state index is 13.0. The largest absolute Gasteiger partial charge is 0.486 e. The summed E-state index contributed by atoms with van der Waals surface area (Å²) in [6.45, 7) is 8.08. The van der Waals surface area contributed by atoms with Crippen LogP contribution >= 0.6 is 11.3 Å². The lowest BCUT2D eigenvalue weighted by Gasteiger charge is -2.29. The van der Waals surface area contributed by atoms with Crippen LogP contribution in [0, 0.1) is 12.8 Å². The maximum Gasteiger partial charge on any atom is 0.263 e. The lowest BCUT2D eigenvalue weighted by atomic mass is 10.2. The Morgan fingerprint density at radius 2 is 2.11 bits per heavy atom. The van der Waals surface area contributed by atoms with Gasteiger partial charge < -0.3 is 14.4 Å². The zero-order valence-corrected chi connectivity index (χ0v) is 17.5. The fourth-order valence-corrected chi connectivity index (χ4v) is 4.58. The first-order valence-electron chi connectivity index (χ1n) is 9.53. The first-order chi connectivity index (χ1) is 13.4. The molecule has 0 aliphatic carbocycles. The number of aromatic nitrogens is 2. The van der Waals surface area contributed by atoms with Crippen molar-refractivity contribution in [2.75, 3.05) is 20.2 Å². The van der Waals surface area contributed by atoms with Gasteiger partial charge in [-0.25, -0.2) is 0 Å². The molecule has 6 nitrogen and oxygen atoms in total. The molecule has 148 valence electrons. The molecule has 0 bridgehead atoms. The number of para-hydroxylation sites is 2. The SMILES string of the molecule is Cc1nn(CC(C)C)c2sc(C(=O)N(C)C[C@H]3COc4ccccc4O3)cc12. The third kappa shape index (κ3) is 3.58. The van der Waals surface area contributed by atoms with Gasteiger partial charge in [-0.2, -0.15) is 5.10 Å². The fourth-order valence-electron chi connectivity index (χ4n) is 3.42. The zero-order valence-electron chi connectivity index (χ0n) is 16.6. The smallest absolute Gasteiger partial charge is 0.263 e. The quantitative estimate of drug-likeness (QED) is 0.651. The Balaban J connectivity index is 1.48. The van der Waals surface area contributed by atoms with Gasteiger partial charge in [0.1, 0.15) is 11.4 Å². The van der Waals surface area contributed by atoms with Gasteiger partial charge in [0.05, 0.1) is 17.1 Å². The number of hydrogen-bond acceptors (Lipinski definition) is 5. The minimum Gasteiger partial charge on any atom is -0.486 e. The normalized spacial score (nSPS) is 16.0. The molecule has 3 aromatic rings. The van der Waals surface area contributed by atoms with E-state index in [0.29, 0.717) is 19.1 Å². The highest BCUT2D eigenvalue weighted by atomic mass is 32.1. The molecule has 4 rings (SSSR count). The van der Waals surface area contributed by atoms with Crippen LogP contribution in [0.5, 0.6) is 11.5 Å². The van der Waals surface area contributed by atoms with Crippen LogP contribution in [0.1, 0.15) is 29.2 Å². The molecule has 0 N–H and O–H groups in total. The van der Waals surface area contributed by atoms with Crippen molar-refractivity contribution in [1.29, 1.82) is 0 Å². The highest BCUT2D eigenvalue weighted by Crippen LogP contribution is 2.32. The predicted molar refractivity (Wildman–Crippen MR) is 110 cm³/mol. The van der Waals surface area contributed by atoms with E-state index in [2.05, 4.69) is 18.9 Å².